The van der Waals surface area contributed by atoms with Crippen molar-refractivity contribution in [3.63, 3.8) is 0 Å². The summed E-state index contributed by atoms with van der Waals surface area (Å²) in [4.78, 5) is 11.6. The number of esters is 1. The average Bonchev–Trinajstić information content (AvgIpc) is 2.72. The van der Waals surface area contributed by atoms with Gasteiger partial charge in [-0.05, 0) is 20.8 Å². The fourth-order valence-corrected chi connectivity index (χ4v) is 1.57. The van der Waals surface area contributed by atoms with Gasteiger partial charge in [0.25, 0.3) is 0 Å². The van der Waals surface area contributed by atoms with E-state index in [2.05, 4.69) is 5.10 Å². The second-order valence-electron chi connectivity index (χ2n) is 3.69. The minimum absolute atomic E-state index is 0.253. The molecule has 0 aromatic carbocycles. The SMILES string of the molecule is CCOC(=O)c1cnn(CC(OCC)OCC)c1N. The molecule has 1 rings (SSSR count). The molecule has 7 heteroatoms. The van der Waals surface area contributed by atoms with Crippen LogP contribution >= 0.6 is 0 Å². The molecule has 1 aromatic heterocycles. The van der Waals surface area contributed by atoms with E-state index in [4.69, 9.17) is 19.9 Å². The number of nitrogens with zero attached hydrogens (tertiary/aromatic N) is 2. The van der Waals surface area contributed by atoms with E-state index in [0.29, 0.717) is 26.4 Å². The number of rotatable bonds is 8. The third kappa shape index (κ3) is 4.22. The van der Waals surface area contributed by atoms with Gasteiger partial charge in [-0.2, -0.15) is 5.10 Å². The van der Waals surface area contributed by atoms with Crippen LogP contribution in [-0.4, -0.2) is 41.9 Å². The van der Waals surface area contributed by atoms with E-state index in [9.17, 15) is 4.79 Å². The zero-order chi connectivity index (χ0) is 14.3. The van der Waals surface area contributed by atoms with Crippen LogP contribution in [0.4, 0.5) is 5.82 Å². The summed E-state index contributed by atoms with van der Waals surface area (Å²) in [6.45, 7) is 7.16. The zero-order valence-corrected chi connectivity index (χ0v) is 11.6. The number of anilines is 1. The highest BCUT2D eigenvalue weighted by atomic mass is 16.7. The van der Waals surface area contributed by atoms with Gasteiger partial charge in [0.2, 0.25) is 0 Å². The van der Waals surface area contributed by atoms with Gasteiger partial charge in [-0.15, -0.1) is 0 Å². The first kappa shape index (κ1) is 15.5. The minimum Gasteiger partial charge on any atom is -0.462 e. The Morgan fingerprint density at radius 1 is 1.32 bits per heavy atom. The van der Waals surface area contributed by atoms with Crippen LogP contribution in [0, 0.1) is 0 Å². The van der Waals surface area contributed by atoms with Crippen LogP contribution in [0.1, 0.15) is 31.1 Å². The summed E-state index contributed by atoms with van der Waals surface area (Å²) in [6, 6.07) is 0. The van der Waals surface area contributed by atoms with Crippen LogP contribution in [0.5, 0.6) is 0 Å². The van der Waals surface area contributed by atoms with Gasteiger partial charge in [0, 0.05) is 13.2 Å². The van der Waals surface area contributed by atoms with Crippen molar-refractivity contribution in [1.82, 2.24) is 9.78 Å². The lowest BCUT2D eigenvalue weighted by molar-refractivity contribution is -0.144. The quantitative estimate of drug-likeness (QED) is 0.561. The van der Waals surface area contributed by atoms with Gasteiger partial charge in [0.05, 0.1) is 19.3 Å². The molecule has 0 amide bonds. The molecule has 19 heavy (non-hydrogen) atoms. The van der Waals surface area contributed by atoms with Crippen molar-refractivity contribution in [2.75, 3.05) is 25.6 Å². The Bertz CT molecular complexity index is 400. The predicted octanol–water partition coefficient (Wildman–Crippen LogP) is 1.04. The van der Waals surface area contributed by atoms with Gasteiger partial charge < -0.3 is 19.9 Å². The van der Waals surface area contributed by atoms with E-state index >= 15 is 0 Å². The highest BCUT2D eigenvalue weighted by Gasteiger charge is 2.18. The fourth-order valence-electron chi connectivity index (χ4n) is 1.57. The van der Waals surface area contributed by atoms with E-state index in [-0.39, 0.29) is 11.4 Å². The van der Waals surface area contributed by atoms with Crippen molar-refractivity contribution in [2.24, 2.45) is 0 Å². The number of hydrogen-bond acceptors (Lipinski definition) is 6. The molecule has 0 aliphatic carbocycles. The lowest BCUT2D eigenvalue weighted by Crippen LogP contribution is -2.25. The van der Waals surface area contributed by atoms with Gasteiger partial charge in [-0.1, -0.05) is 0 Å². The van der Waals surface area contributed by atoms with Crippen molar-refractivity contribution in [3.05, 3.63) is 11.8 Å². The second-order valence-corrected chi connectivity index (χ2v) is 3.69. The molecule has 1 heterocycles. The summed E-state index contributed by atoms with van der Waals surface area (Å²) in [6.07, 6.45) is 0.953. The standard InChI is InChI=1S/C12H21N3O4/c1-4-17-10(18-5-2)8-15-11(13)9(7-14-15)12(16)19-6-3/h7,10H,4-6,8,13H2,1-3H3. The van der Waals surface area contributed by atoms with Crippen LogP contribution in [0.25, 0.3) is 0 Å². The number of nitrogens with two attached hydrogens (primary N) is 1. The van der Waals surface area contributed by atoms with Crippen LogP contribution in [0.15, 0.2) is 6.20 Å². The van der Waals surface area contributed by atoms with Gasteiger partial charge in [-0.25, -0.2) is 9.48 Å². The van der Waals surface area contributed by atoms with Crippen molar-refractivity contribution in [1.29, 1.82) is 0 Å². The number of carbonyl (C=O) groups excluding carboxylic acids is 1. The van der Waals surface area contributed by atoms with Crippen molar-refractivity contribution < 1.29 is 19.0 Å². The smallest absolute Gasteiger partial charge is 0.343 e. The largest absolute Gasteiger partial charge is 0.462 e. The van der Waals surface area contributed by atoms with Crippen molar-refractivity contribution in [3.8, 4) is 0 Å². The first-order chi connectivity index (χ1) is 9.13. The summed E-state index contributed by atoms with van der Waals surface area (Å²) in [5, 5.41) is 4.05. The van der Waals surface area contributed by atoms with Crippen molar-refractivity contribution >= 4 is 11.8 Å². The van der Waals surface area contributed by atoms with E-state index in [1.165, 1.54) is 10.9 Å². The zero-order valence-electron chi connectivity index (χ0n) is 11.6. The van der Waals surface area contributed by atoms with E-state index in [1.807, 2.05) is 13.8 Å². The Morgan fingerprint density at radius 2 is 1.95 bits per heavy atom. The Labute approximate surface area is 112 Å². The van der Waals surface area contributed by atoms with Crippen molar-refractivity contribution in [2.45, 2.75) is 33.6 Å². The number of carbonyl (C=O) groups is 1. The molecule has 0 aliphatic rings. The predicted molar refractivity (Wildman–Crippen MR) is 69.6 cm³/mol. The molecular formula is C12H21N3O4. The molecule has 0 atom stereocenters. The Balaban J connectivity index is 2.76. The molecule has 0 radical (unpaired) electrons. The first-order valence-electron chi connectivity index (χ1n) is 6.35. The lowest BCUT2D eigenvalue weighted by Gasteiger charge is -2.17. The topological polar surface area (TPSA) is 88.6 Å². The molecule has 0 fully saturated rings. The number of nitrogen functional groups attached to an aromatic ring is 1. The van der Waals surface area contributed by atoms with Gasteiger partial charge in [-0.3, -0.25) is 0 Å². The molecule has 2 N–H and O–H groups in total. The Hall–Kier alpha value is -1.60. The third-order valence-corrected chi connectivity index (χ3v) is 2.40. The van der Waals surface area contributed by atoms with Gasteiger partial charge >= 0.3 is 5.97 Å². The maximum absolute atomic E-state index is 11.6. The van der Waals surface area contributed by atoms with E-state index in [0.717, 1.165) is 0 Å². The minimum atomic E-state index is -0.476. The third-order valence-electron chi connectivity index (χ3n) is 2.40. The maximum Gasteiger partial charge on any atom is 0.343 e. The summed E-state index contributed by atoms with van der Waals surface area (Å²) >= 11 is 0. The van der Waals surface area contributed by atoms with E-state index < -0.39 is 12.3 Å². The summed E-state index contributed by atoms with van der Waals surface area (Å²) in [7, 11) is 0. The van der Waals surface area contributed by atoms with Gasteiger partial charge in [0.15, 0.2) is 6.29 Å². The summed E-state index contributed by atoms with van der Waals surface area (Å²) in [5.41, 5.74) is 6.12. The highest BCUT2D eigenvalue weighted by Crippen LogP contribution is 2.14. The first-order valence-corrected chi connectivity index (χ1v) is 6.35. The molecule has 108 valence electrons. The highest BCUT2D eigenvalue weighted by molar-refractivity contribution is 5.93. The molecule has 0 spiro atoms. The molecular weight excluding hydrogens is 250 g/mol. The molecule has 0 unspecified atom stereocenters. The normalized spacial score (nSPS) is 10.9. The molecule has 0 saturated heterocycles. The number of hydrogen-bond donors (Lipinski definition) is 1. The Morgan fingerprint density at radius 3 is 2.47 bits per heavy atom. The van der Waals surface area contributed by atoms with Crippen LogP contribution in [-0.2, 0) is 20.8 Å². The fraction of sp³-hybridized carbons (Fsp3) is 0.667. The van der Waals surface area contributed by atoms with Crippen LogP contribution in [0.2, 0.25) is 0 Å². The molecule has 7 nitrogen and oxygen atoms in total. The van der Waals surface area contributed by atoms with E-state index in [1.54, 1.807) is 6.92 Å². The Kier molecular flexibility index (Phi) is 6.31. The number of aromatic nitrogens is 2. The molecule has 0 saturated carbocycles. The number of ether oxygens (including phenoxy) is 3. The lowest BCUT2D eigenvalue weighted by atomic mass is 10.3. The van der Waals surface area contributed by atoms with Crippen LogP contribution in [0.3, 0.4) is 0 Å². The monoisotopic (exact) mass is 271 g/mol. The molecule has 0 bridgehead atoms. The molecule has 1 aromatic rings. The maximum atomic E-state index is 11.6. The second kappa shape index (κ2) is 7.75. The van der Waals surface area contributed by atoms with Gasteiger partial charge in [0.1, 0.15) is 11.4 Å². The summed E-state index contributed by atoms with van der Waals surface area (Å²) in [5.74, 6) is -0.224. The van der Waals surface area contributed by atoms with Crippen LogP contribution < -0.4 is 5.73 Å². The average molecular weight is 271 g/mol. The summed E-state index contributed by atoms with van der Waals surface area (Å²) < 4.78 is 17.2. The molecule has 0 aliphatic heterocycles.